The predicted octanol–water partition coefficient (Wildman–Crippen LogP) is 3.89. The molecule has 0 radical (unpaired) electrons. The van der Waals surface area contributed by atoms with E-state index in [1.54, 1.807) is 0 Å². The first-order valence-corrected chi connectivity index (χ1v) is 14.4. The first-order valence-electron chi connectivity index (χ1n) is 12.6. The topological polar surface area (TPSA) is 86.8 Å². The minimum absolute atomic E-state index is 0.0635. The zero-order valence-electron chi connectivity index (χ0n) is 21.0. The van der Waals surface area contributed by atoms with Crippen molar-refractivity contribution in [2.45, 2.75) is 64.0 Å². The Kier molecular flexibility index (Phi) is 9.87. The maximum absolute atomic E-state index is 13.9. The molecule has 0 spiro atoms. The molecule has 196 valence electrons. The lowest BCUT2D eigenvalue weighted by Crippen LogP contribution is -2.54. The van der Waals surface area contributed by atoms with Crippen LogP contribution in [0.1, 0.15) is 51.0 Å². The third-order valence-corrected chi connectivity index (χ3v) is 7.74. The standard InChI is InChI=1S/C27H36FN3O4S/c1-3-25(27(33)29-23-14-8-5-9-15-23)30(18-17-21-11-6-4-7-12-21)26(32)20-31(36(2,34)35)24-16-10-13-22(28)19-24/h4,6-7,10-13,16,19,23,25H,3,5,8-9,14-15,17-18,20H2,1-2H3,(H,29,33). The first kappa shape index (κ1) is 27.6. The van der Waals surface area contributed by atoms with E-state index in [2.05, 4.69) is 5.32 Å². The Morgan fingerprint density at radius 1 is 1.06 bits per heavy atom. The third kappa shape index (κ3) is 7.78. The lowest BCUT2D eigenvalue weighted by Gasteiger charge is -2.34. The van der Waals surface area contributed by atoms with Gasteiger partial charge in [0.05, 0.1) is 11.9 Å². The molecular formula is C27H36FN3O4S. The van der Waals surface area contributed by atoms with E-state index in [-0.39, 0.29) is 24.2 Å². The average Bonchev–Trinajstić information content (AvgIpc) is 2.85. The van der Waals surface area contributed by atoms with Gasteiger partial charge in [-0.05, 0) is 49.4 Å². The molecule has 9 heteroatoms. The van der Waals surface area contributed by atoms with E-state index in [1.807, 2.05) is 37.3 Å². The van der Waals surface area contributed by atoms with Crippen molar-refractivity contribution in [3.05, 3.63) is 66.0 Å². The summed E-state index contributed by atoms with van der Waals surface area (Å²) >= 11 is 0. The van der Waals surface area contributed by atoms with Crippen molar-refractivity contribution in [3.8, 4) is 0 Å². The molecule has 1 aliphatic carbocycles. The van der Waals surface area contributed by atoms with Crippen molar-refractivity contribution in [2.24, 2.45) is 0 Å². The second kappa shape index (κ2) is 12.9. The molecule has 0 bridgehead atoms. The smallest absolute Gasteiger partial charge is 0.244 e. The van der Waals surface area contributed by atoms with Crippen molar-refractivity contribution in [1.82, 2.24) is 10.2 Å². The number of hydrogen-bond donors (Lipinski definition) is 1. The number of carbonyl (C=O) groups is 2. The summed E-state index contributed by atoms with van der Waals surface area (Å²) in [5.74, 6) is -1.33. The molecule has 3 rings (SSSR count). The van der Waals surface area contributed by atoms with Crippen LogP contribution < -0.4 is 9.62 Å². The van der Waals surface area contributed by atoms with E-state index in [9.17, 15) is 22.4 Å². The Morgan fingerprint density at radius 3 is 2.36 bits per heavy atom. The van der Waals surface area contributed by atoms with Crippen molar-refractivity contribution < 1.29 is 22.4 Å². The van der Waals surface area contributed by atoms with Crippen LogP contribution in [0.2, 0.25) is 0 Å². The Labute approximate surface area is 213 Å². The Balaban J connectivity index is 1.85. The Hall–Kier alpha value is -2.94. The van der Waals surface area contributed by atoms with Gasteiger partial charge in [0.1, 0.15) is 18.4 Å². The molecule has 0 aromatic heterocycles. The van der Waals surface area contributed by atoms with E-state index in [0.29, 0.717) is 12.8 Å². The maximum Gasteiger partial charge on any atom is 0.244 e. The van der Waals surface area contributed by atoms with Crippen LogP contribution in [-0.4, -0.2) is 56.6 Å². The summed E-state index contributed by atoms with van der Waals surface area (Å²) in [6.07, 6.45) is 7.00. The van der Waals surface area contributed by atoms with Crippen LogP contribution in [-0.2, 0) is 26.0 Å². The molecule has 0 saturated heterocycles. The number of nitrogens with one attached hydrogen (secondary N) is 1. The molecule has 1 N–H and O–H groups in total. The van der Waals surface area contributed by atoms with Crippen LogP contribution >= 0.6 is 0 Å². The Morgan fingerprint density at radius 2 is 1.75 bits per heavy atom. The molecular weight excluding hydrogens is 481 g/mol. The number of sulfonamides is 1. The normalized spacial score (nSPS) is 15.2. The molecule has 1 unspecified atom stereocenters. The zero-order valence-corrected chi connectivity index (χ0v) is 21.8. The van der Waals surface area contributed by atoms with E-state index < -0.39 is 34.3 Å². The van der Waals surface area contributed by atoms with Gasteiger partial charge in [-0.15, -0.1) is 0 Å². The van der Waals surface area contributed by atoms with Gasteiger partial charge >= 0.3 is 0 Å². The highest BCUT2D eigenvalue weighted by Crippen LogP contribution is 2.21. The number of hydrogen-bond acceptors (Lipinski definition) is 4. The summed E-state index contributed by atoms with van der Waals surface area (Å²) in [6.45, 7) is 1.57. The highest BCUT2D eigenvalue weighted by atomic mass is 32.2. The van der Waals surface area contributed by atoms with Crippen molar-refractivity contribution >= 4 is 27.5 Å². The summed E-state index contributed by atoms with van der Waals surface area (Å²) in [5, 5.41) is 3.11. The van der Waals surface area contributed by atoms with Gasteiger partial charge in [-0.1, -0.05) is 62.6 Å². The minimum Gasteiger partial charge on any atom is -0.352 e. The third-order valence-electron chi connectivity index (χ3n) is 6.60. The van der Waals surface area contributed by atoms with Gasteiger partial charge in [0.25, 0.3) is 0 Å². The predicted molar refractivity (Wildman–Crippen MR) is 140 cm³/mol. The molecule has 0 heterocycles. The maximum atomic E-state index is 13.9. The Bertz CT molecular complexity index is 1120. The van der Waals surface area contributed by atoms with Gasteiger partial charge in [-0.25, -0.2) is 12.8 Å². The van der Waals surface area contributed by atoms with Gasteiger partial charge in [-0.2, -0.15) is 0 Å². The van der Waals surface area contributed by atoms with Crippen LogP contribution in [0.25, 0.3) is 0 Å². The number of amides is 2. The van der Waals surface area contributed by atoms with Crippen LogP contribution in [0, 0.1) is 5.82 Å². The quantitative estimate of drug-likeness (QED) is 0.490. The lowest BCUT2D eigenvalue weighted by molar-refractivity contribution is -0.140. The number of rotatable bonds is 11. The fourth-order valence-corrected chi connectivity index (χ4v) is 5.53. The molecule has 2 aromatic carbocycles. The molecule has 0 aliphatic heterocycles. The second-order valence-corrected chi connectivity index (χ2v) is 11.2. The number of nitrogens with zero attached hydrogens (tertiary/aromatic N) is 2. The van der Waals surface area contributed by atoms with Crippen molar-refractivity contribution in [2.75, 3.05) is 23.7 Å². The number of benzene rings is 2. The molecule has 36 heavy (non-hydrogen) atoms. The first-order chi connectivity index (χ1) is 17.2. The molecule has 1 saturated carbocycles. The van der Waals surface area contributed by atoms with Crippen LogP contribution in [0.15, 0.2) is 54.6 Å². The molecule has 1 fully saturated rings. The van der Waals surface area contributed by atoms with Gasteiger partial charge in [-0.3, -0.25) is 13.9 Å². The lowest BCUT2D eigenvalue weighted by atomic mass is 9.95. The van der Waals surface area contributed by atoms with E-state index in [4.69, 9.17) is 0 Å². The number of halogens is 1. The summed E-state index contributed by atoms with van der Waals surface area (Å²) in [5.41, 5.74) is 1.07. The van der Waals surface area contributed by atoms with Crippen LogP contribution in [0.3, 0.4) is 0 Å². The van der Waals surface area contributed by atoms with E-state index in [1.165, 1.54) is 23.1 Å². The molecule has 2 amide bonds. The summed E-state index contributed by atoms with van der Waals surface area (Å²) in [6, 6.07) is 14.1. The van der Waals surface area contributed by atoms with Gasteiger partial charge in [0.2, 0.25) is 21.8 Å². The fourth-order valence-electron chi connectivity index (χ4n) is 4.69. The number of anilines is 1. The van der Waals surface area contributed by atoms with E-state index in [0.717, 1.165) is 54.3 Å². The van der Waals surface area contributed by atoms with E-state index >= 15 is 0 Å². The zero-order chi connectivity index (χ0) is 26.1. The number of carbonyl (C=O) groups excluding carboxylic acids is 2. The second-order valence-electron chi connectivity index (χ2n) is 9.34. The molecule has 1 aliphatic rings. The molecule has 2 aromatic rings. The van der Waals surface area contributed by atoms with Gasteiger partial charge in [0.15, 0.2) is 0 Å². The largest absolute Gasteiger partial charge is 0.352 e. The molecule has 7 nitrogen and oxygen atoms in total. The van der Waals surface area contributed by atoms with Crippen molar-refractivity contribution in [1.29, 1.82) is 0 Å². The highest BCUT2D eigenvalue weighted by Gasteiger charge is 2.32. The minimum atomic E-state index is -3.89. The monoisotopic (exact) mass is 517 g/mol. The highest BCUT2D eigenvalue weighted by molar-refractivity contribution is 7.92. The van der Waals surface area contributed by atoms with Crippen LogP contribution in [0.4, 0.5) is 10.1 Å². The summed E-state index contributed by atoms with van der Waals surface area (Å²) < 4.78 is 39.9. The SMILES string of the molecule is CCC(C(=O)NC1CCCCC1)N(CCc1ccccc1)C(=O)CN(c1cccc(F)c1)S(C)(=O)=O. The summed E-state index contributed by atoms with van der Waals surface area (Å²) in [7, 11) is -3.89. The van der Waals surface area contributed by atoms with Crippen molar-refractivity contribution in [3.63, 3.8) is 0 Å². The van der Waals surface area contributed by atoms with Crippen LogP contribution in [0.5, 0.6) is 0 Å². The van der Waals surface area contributed by atoms with Gasteiger partial charge in [0, 0.05) is 12.6 Å². The molecule has 1 atom stereocenters. The van der Waals surface area contributed by atoms with Gasteiger partial charge < -0.3 is 10.2 Å². The average molecular weight is 518 g/mol. The summed E-state index contributed by atoms with van der Waals surface area (Å²) in [4.78, 5) is 28.4. The fraction of sp³-hybridized carbons (Fsp3) is 0.481.